The van der Waals surface area contributed by atoms with Crippen molar-refractivity contribution in [3.8, 4) is 0 Å². The van der Waals surface area contributed by atoms with Crippen LogP contribution in [0.5, 0.6) is 0 Å². The van der Waals surface area contributed by atoms with Crippen LogP contribution >= 0.6 is 11.8 Å². The van der Waals surface area contributed by atoms with E-state index in [1.807, 2.05) is 30.5 Å². The molecule has 1 aliphatic heterocycles. The van der Waals surface area contributed by atoms with Crippen LogP contribution in [0.15, 0.2) is 35.5 Å². The predicted molar refractivity (Wildman–Crippen MR) is 159 cm³/mol. The number of aliphatic imine (C=N–C) groups is 1. The molecule has 3 rings (SSSR count). The Hall–Kier alpha value is -3.78. The summed E-state index contributed by atoms with van der Waals surface area (Å²) in [5, 5.41) is 16.1. The van der Waals surface area contributed by atoms with Crippen LogP contribution in [0.25, 0.3) is 10.9 Å². The van der Waals surface area contributed by atoms with Crippen LogP contribution in [-0.2, 0) is 25.6 Å². The molecule has 13 nitrogen and oxygen atoms in total. The maximum Gasteiger partial charge on any atom is 0.326 e. The monoisotopic (exact) mass is 588 g/mol. The van der Waals surface area contributed by atoms with Gasteiger partial charge in [0.1, 0.15) is 18.1 Å². The zero-order valence-electron chi connectivity index (χ0n) is 23.2. The highest BCUT2D eigenvalue weighted by molar-refractivity contribution is 7.98. The summed E-state index contributed by atoms with van der Waals surface area (Å²) in [5.74, 6) is -2.05. The Balaban J connectivity index is 1.84. The minimum Gasteiger partial charge on any atom is -0.480 e. The van der Waals surface area contributed by atoms with Crippen molar-refractivity contribution in [2.45, 2.75) is 62.7 Å². The zero-order chi connectivity index (χ0) is 29.9. The van der Waals surface area contributed by atoms with Crippen LogP contribution in [0, 0.1) is 0 Å². The molecular weight excluding hydrogens is 548 g/mol. The van der Waals surface area contributed by atoms with Crippen LogP contribution in [0.2, 0.25) is 0 Å². The quantitative estimate of drug-likeness (QED) is 0.0836. The SMILES string of the molecule is CSCCC(N)C(=O)NC(Cc1c[nH]c2ccccc12)C(=O)NC(CCCN=C(N)N)C(=O)N1CCCC1C(=O)O. The summed E-state index contributed by atoms with van der Waals surface area (Å²) in [7, 11) is 0. The first-order chi connectivity index (χ1) is 19.6. The van der Waals surface area contributed by atoms with Gasteiger partial charge in [-0.1, -0.05) is 18.2 Å². The third-order valence-electron chi connectivity index (χ3n) is 7.08. The molecule has 1 fully saturated rings. The fourth-order valence-corrected chi connectivity index (χ4v) is 5.39. The van der Waals surface area contributed by atoms with Gasteiger partial charge in [0.25, 0.3) is 0 Å². The number of benzene rings is 1. The number of hydrogen-bond acceptors (Lipinski definition) is 7. The first-order valence-corrected chi connectivity index (χ1v) is 15.0. The summed E-state index contributed by atoms with van der Waals surface area (Å²) in [6.07, 6.45) is 5.69. The third-order valence-corrected chi connectivity index (χ3v) is 7.73. The minimum absolute atomic E-state index is 0.0956. The molecule has 1 aromatic heterocycles. The zero-order valence-corrected chi connectivity index (χ0v) is 24.0. The van der Waals surface area contributed by atoms with Crippen molar-refractivity contribution in [1.29, 1.82) is 0 Å². The fourth-order valence-electron chi connectivity index (χ4n) is 4.91. The second kappa shape index (κ2) is 15.3. The maximum atomic E-state index is 13.7. The van der Waals surface area contributed by atoms with Crippen LogP contribution in [-0.4, -0.2) is 93.9 Å². The first-order valence-electron chi connectivity index (χ1n) is 13.6. The highest BCUT2D eigenvalue weighted by Crippen LogP contribution is 2.21. The molecule has 2 heterocycles. The molecule has 0 spiro atoms. The van der Waals surface area contributed by atoms with Gasteiger partial charge in [0.05, 0.1) is 6.04 Å². The number of guanidine groups is 1. The van der Waals surface area contributed by atoms with Crippen molar-refractivity contribution >= 4 is 52.3 Å². The van der Waals surface area contributed by atoms with Crippen LogP contribution in [0.4, 0.5) is 0 Å². The Bertz CT molecular complexity index is 1250. The first kappa shape index (κ1) is 31.7. The van der Waals surface area contributed by atoms with Gasteiger partial charge >= 0.3 is 5.97 Å². The average Bonchev–Trinajstić information content (AvgIpc) is 3.60. The van der Waals surface area contributed by atoms with E-state index < -0.39 is 47.9 Å². The molecular formula is C27H40N8O5S. The van der Waals surface area contributed by atoms with E-state index in [2.05, 4.69) is 20.6 Å². The summed E-state index contributed by atoms with van der Waals surface area (Å²) < 4.78 is 0. The van der Waals surface area contributed by atoms with Crippen molar-refractivity contribution in [1.82, 2.24) is 20.5 Å². The molecule has 4 atom stereocenters. The molecule has 0 bridgehead atoms. The third kappa shape index (κ3) is 8.85. The summed E-state index contributed by atoms with van der Waals surface area (Å²) in [5.41, 5.74) is 18.6. The van der Waals surface area contributed by atoms with Gasteiger partial charge in [0, 0.05) is 36.6 Å². The Morgan fingerprint density at radius 1 is 1.15 bits per heavy atom. The summed E-state index contributed by atoms with van der Waals surface area (Å²) in [6.45, 7) is 0.500. The molecule has 14 heteroatoms. The van der Waals surface area contributed by atoms with Gasteiger partial charge in [0.2, 0.25) is 17.7 Å². The number of fused-ring (bicyclic) bond motifs is 1. The Morgan fingerprint density at radius 2 is 1.88 bits per heavy atom. The number of nitrogens with two attached hydrogens (primary N) is 3. The largest absolute Gasteiger partial charge is 0.480 e. The van der Waals surface area contributed by atoms with E-state index in [0.29, 0.717) is 31.4 Å². The number of para-hydroxylation sites is 1. The Morgan fingerprint density at radius 3 is 2.59 bits per heavy atom. The molecule has 224 valence electrons. The molecule has 1 aromatic carbocycles. The lowest BCUT2D eigenvalue weighted by Gasteiger charge is -2.29. The van der Waals surface area contributed by atoms with E-state index in [1.165, 1.54) is 4.90 Å². The predicted octanol–water partition coefficient (Wildman–Crippen LogP) is -0.110. The lowest BCUT2D eigenvalue weighted by Crippen LogP contribution is -2.57. The van der Waals surface area contributed by atoms with Crippen molar-refractivity contribution in [2.75, 3.05) is 25.1 Å². The number of hydrogen-bond donors (Lipinski definition) is 7. The normalized spacial score (nSPS) is 17.0. The van der Waals surface area contributed by atoms with Crippen LogP contribution < -0.4 is 27.8 Å². The smallest absolute Gasteiger partial charge is 0.326 e. The van der Waals surface area contributed by atoms with Gasteiger partial charge in [-0.05, 0) is 55.7 Å². The molecule has 3 amide bonds. The highest BCUT2D eigenvalue weighted by atomic mass is 32.2. The Labute approximate surface area is 243 Å². The molecule has 1 aliphatic rings. The number of likely N-dealkylation sites (tertiary alicyclic amines) is 1. The molecule has 4 unspecified atom stereocenters. The number of thioether (sulfide) groups is 1. The second-order valence-corrected chi connectivity index (χ2v) is 11.0. The summed E-state index contributed by atoms with van der Waals surface area (Å²) in [4.78, 5) is 60.4. The molecule has 41 heavy (non-hydrogen) atoms. The number of nitrogens with one attached hydrogen (secondary N) is 3. The van der Waals surface area contributed by atoms with Crippen LogP contribution in [0.1, 0.15) is 37.7 Å². The molecule has 0 aliphatic carbocycles. The lowest BCUT2D eigenvalue weighted by atomic mass is 10.0. The number of carboxylic acid groups (broad SMARTS) is 1. The number of aliphatic carboxylic acids is 1. The number of rotatable bonds is 15. The number of nitrogens with zero attached hydrogens (tertiary/aromatic N) is 2. The van der Waals surface area contributed by atoms with Gasteiger partial charge in [-0.15, -0.1) is 0 Å². The van der Waals surface area contributed by atoms with E-state index in [-0.39, 0.29) is 31.9 Å². The van der Waals surface area contributed by atoms with Gasteiger partial charge in [-0.3, -0.25) is 19.4 Å². The molecule has 2 aromatic rings. The number of aromatic nitrogens is 1. The van der Waals surface area contributed by atoms with E-state index in [4.69, 9.17) is 17.2 Å². The number of H-pyrrole nitrogens is 1. The maximum absolute atomic E-state index is 13.7. The van der Waals surface area contributed by atoms with Crippen LogP contribution in [0.3, 0.4) is 0 Å². The van der Waals surface area contributed by atoms with Gasteiger partial charge in [0.15, 0.2) is 5.96 Å². The molecule has 0 saturated carbocycles. The second-order valence-electron chi connectivity index (χ2n) is 10.1. The van der Waals surface area contributed by atoms with Crippen molar-refractivity contribution in [3.05, 3.63) is 36.0 Å². The molecule has 10 N–H and O–H groups in total. The van der Waals surface area contributed by atoms with E-state index in [0.717, 1.165) is 16.5 Å². The molecule has 0 radical (unpaired) electrons. The minimum atomic E-state index is -1.09. The highest BCUT2D eigenvalue weighted by Gasteiger charge is 2.38. The van der Waals surface area contributed by atoms with Crippen molar-refractivity contribution < 1.29 is 24.3 Å². The summed E-state index contributed by atoms with van der Waals surface area (Å²) >= 11 is 1.56. The average molecular weight is 589 g/mol. The number of amides is 3. The van der Waals surface area contributed by atoms with Crippen molar-refractivity contribution in [2.24, 2.45) is 22.2 Å². The van der Waals surface area contributed by atoms with E-state index >= 15 is 0 Å². The number of aromatic amines is 1. The van der Waals surface area contributed by atoms with Gasteiger partial charge in [-0.2, -0.15) is 11.8 Å². The number of carboxylic acids is 1. The number of carbonyl (C=O) groups excluding carboxylic acids is 3. The van der Waals surface area contributed by atoms with Crippen molar-refractivity contribution in [3.63, 3.8) is 0 Å². The molecule has 1 saturated heterocycles. The number of carbonyl (C=O) groups is 4. The Kier molecular flexibility index (Phi) is 11.8. The topological polar surface area (TPSA) is 222 Å². The van der Waals surface area contributed by atoms with Gasteiger partial charge < -0.3 is 42.8 Å². The lowest BCUT2D eigenvalue weighted by molar-refractivity contribution is -0.149. The van der Waals surface area contributed by atoms with Gasteiger partial charge in [-0.25, -0.2) is 4.79 Å². The van der Waals surface area contributed by atoms with E-state index in [9.17, 15) is 24.3 Å². The standard InChI is InChI=1S/C27H40N8O5S/c1-41-13-10-18(28)23(36)34-21(14-16-15-32-19-7-3-2-6-17(16)19)24(37)33-20(8-4-11-31-27(29)30)25(38)35-12-5-9-22(35)26(39)40/h2-3,6-7,15,18,20-22,32H,4-5,8-14,28H2,1H3,(H,33,37)(H,34,36)(H,39,40)(H4,29,30,31). The summed E-state index contributed by atoms with van der Waals surface area (Å²) in [6, 6.07) is 3.75. The fraction of sp³-hybridized carbons (Fsp3) is 0.519. The van der Waals surface area contributed by atoms with E-state index in [1.54, 1.807) is 18.0 Å².